The van der Waals surface area contributed by atoms with E-state index >= 15 is 0 Å². The highest BCUT2D eigenvalue weighted by Crippen LogP contribution is 1.93. The minimum Gasteiger partial charge on any atom is -0.379 e. The van der Waals surface area contributed by atoms with Crippen molar-refractivity contribution in [1.29, 1.82) is 0 Å². The maximum absolute atomic E-state index is 11.1. The van der Waals surface area contributed by atoms with Crippen molar-refractivity contribution in [2.45, 2.75) is 52.6 Å². The van der Waals surface area contributed by atoms with E-state index in [1.807, 2.05) is 13.8 Å². The fraction of sp³-hybridized carbons (Fsp3) is 0.909. The lowest BCUT2D eigenvalue weighted by Gasteiger charge is -2.07. The summed E-state index contributed by atoms with van der Waals surface area (Å²) in [6.45, 7) is 7.57. The zero-order valence-corrected chi connectivity index (χ0v) is 9.64. The van der Waals surface area contributed by atoms with Crippen molar-refractivity contribution in [2.24, 2.45) is 0 Å². The van der Waals surface area contributed by atoms with Crippen LogP contribution in [-0.4, -0.2) is 25.2 Å². The molecule has 84 valence electrons. The van der Waals surface area contributed by atoms with Gasteiger partial charge in [0.2, 0.25) is 5.91 Å². The van der Waals surface area contributed by atoms with Crippen LogP contribution in [0.1, 0.15) is 46.5 Å². The Balaban J connectivity index is 3.15. The SMILES string of the molecule is CCCCC(=O)NCCCOC(C)C. The lowest BCUT2D eigenvalue weighted by Crippen LogP contribution is -2.25. The Kier molecular flexibility index (Phi) is 8.64. The van der Waals surface area contributed by atoms with Crippen LogP contribution in [0.2, 0.25) is 0 Å². The summed E-state index contributed by atoms with van der Waals surface area (Å²) in [5, 5.41) is 2.87. The molecule has 0 bridgehead atoms. The zero-order chi connectivity index (χ0) is 10.8. The second kappa shape index (κ2) is 9.00. The zero-order valence-electron chi connectivity index (χ0n) is 9.64. The highest BCUT2D eigenvalue weighted by Gasteiger charge is 1.99. The van der Waals surface area contributed by atoms with Crippen molar-refractivity contribution in [3.63, 3.8) is 0 Å². The van der Waals surface area contributed by atoms with E-state index in [1.165, 1.54) is 0 Å². The van der Waals surface area contributed by atoms with Crippen LogP contribution in [0.3, 0.4) is 0 Å². The average Bonchev–Trinajstić information content (AvgIpc) is 2.13. The smallest absolute Gasteiger partial charge is 0.219 e. The number of hydrogen-bond donors (Lipinski definition) is 1. The number of rotatable bonds is 8. The van der Waals surface area contributed by atoms with Gasteiger partial charge >= 0.3 is 0 Å². The van der Waals surface area contributed by atoms with Gasteiger partial charge in [0.05, 0.1) is 6.10 Å². The third-order valence-corrected chi connectivity index (χ3v) is 1.85. The van der Waals surface area contributed by atoms with E-state index in [4.69, 9.17) is 4.74 Å². The van der Waals surface area contributed by atoms with Gasteiger partial charge in [-0.2, -0.15) is 0 Å². The first-order valence-corrected chi connectivity index (χ1v) is 5.55. The van der Waals surface area contributed by atoms with Crippen molar-refractivity contribution in [2.75, 3.05) is 13.2 Å². The van der Waals surface area contributed by atoms with Crippen molar-refractivity contribution in [3.05, 3.63) is 0 Å². The van der Waals surface area contributed by atoms with Crippen molar-refractivity contribution in [1.82, 2.24) is 5.32 Å². The number of hydrogen-bond acceptors (Lipinski definition) is 2. The second-order valence-corrected chi connectivity index (χ2v) is 3.73. The highest BCUT2D eigenvalue weighted by molar-refractivity contribution is 5.75. The molecule has 0 saturated carbocycles. The maximum Gasteiger partial charge on any atom is 0.219 e. The topological polar surface area (TPSA) is 38.3 Å². The van der Waals surface area contributed by atoms with Crippen LogP contribution in [0, 0.1) is 0 Å². The van der Waals surface area contributed by atoms with E-state index in [1.54, 1.807) is 0 Å². The molecule has 0 aromatic rings. The Hall–Kier alpha value is -0.570. The molecule has 3 heteroatoms. The van der Waals surface area contributed by atoms with Gasteiger partial charge in [-0.15, -0.1) is 0 Å². The number of carbonyl (C=O) groups excluding carboxylic acids is 1. The molecule has 0 rings (SSSR count). The normalized spacial score (nSPS) is 10.6. The summed E-state index contributed by atoms with van der Waals surface area (Å²) in [7, 11) is 0. The van der Waals surface area contributed by atoms with Crippen LogP contribution < -0.4 is 5.32 Å². The van der Waals surface area contributed by atoms with Gasteiger partial charge in [0.25, 0.3) is 0 Å². The van der Waals surface area contributed by atoms with Gasteiger partial charge in [0.1, 0.15) is 0 Å². The van der Waals surface area contributed by atoms with Crippen molar-refractivity contribution in [3.8, 4) is 0 Å². The van der Waals surface area contributed by atoms with Gasteiger partial charge in [-0.25, -0.2) is 0 Å². The predicted octanol–water partition coefficient (Wildman–Crippen LogP) is 2.11. The van der Waals surface area contributed by atoms with Gasteiger partial charge in [-0.05, 0) is 26.7 Å². The molecule has 1 N–H and O–H groups in total. The largest absolute Gasteiger partial charge is 0.379 e. The van der Waals surface area contributed by atoms with Gasteiger partial charge < -0.3 is 10.1 Å². The summed E-state index contributed by atoms with van der Waals surface area (Å²) >= 11 is 0. The molecule has 0 radical (unpaired) electrons. The molecule has 0 atom stereocenters. The number of ether oxygens (including phenoxy) is 1. The first-order chi connectivity index (χ1) is 6.66. The summed E-state index contributed by atoms with van der Waals surface area (Å²) in [6, 6.07) is 0. The number of nitrogens with one attached hydrogen (secondary N) is 1. The summed E-state index contributed by atoms with van der Waals surface area (Å²) in [5.74, 6) is 0.163. The molecule has 14 heavy (non-hydrogen) atoms. The lowest BCUT2D eigenvalue weighted by atomic mass is 10.2. The Morgan fingerprint density at radius 3 is 2.64 bits per heavy atom. The molecule has 0 unspecified atom stereocenters. The van der Waals surface area contributed by atoms with E-state index in [2.05, 4.69) is 12.2 Å². The number of amides is 1. The molecular weight excluding hydrogens is 178 g/mol. The molecule has 0 aliphatic rings. The van der Waals surface area contributed by atoms with E-state index in [9.17, 15) is 4.79 Å². The molecular formula is C11H23NO2. The van der Waals surface area contributed by atoms with Gasteiger partial charge in [0, 0.05) is 19.6 Å². The standard InChI is InChI=1S/C11H23NO2/c1-4-5-7-11(13)12-8-6-9-14-10(2)3/h10H,4-9H2,1-3H3,(H,12,13). The number of unbranched alkanes of at least 4 members (excludes halogenated alkanes) is 1. The molecule has 0 aromatic carbocycles. The molecule has 0 aliphatic carbocycles. The van der Waals surface area contributed by atoms with Crippen LogP contribution in [0.4, 0.5) is 0 Å². The van der Waals surface area contributed by atoms with Gasteiger partial charge in [-0.3, -0.25) is 4.79 Å². The molecule has 0 heterocycles. The lowest BCUT2D eigenvalue weighted by molar-refractivity contribution is -0.121. The van der Waals surface area contributed by atoms with E-state index in [-0.39, 0.29) is 12.0 Å². The summed E-state index contributed by atoms with van der Waals surface area (Å²) in [5.41, 5.74) is 0. The van der Waals surface area contributed by atoms with E-state index in [0.717, 1.165) is 32.4 Å². The molecule has 0 fully saturated rings. The quantitative estimate of drug-likeness (QED) is 0.611. The van der Waals surface area contributed by atoms with Crippen LogP contribution in [0.15, 0.2) is 0 Å². The first-order valence-electron chi connectivity index (χ1n) is 5.55. The molecule has 0 spiro atoms. The molecule has 3 nitrogen and oxygen atoms in total. The molecule has 0 aromatic heterocycles. The average molecular weight is 201 g/mol. The summed E-state index contributed by atoms with van der Waals surface area (Å²) < 4.78 is 5.35. The molecule has 1 amide bonds. The van der Waals surface area contributed by atoms with Gasteiger partial charge in [-0.1, -0.05) is 13.3 Å². The molecule has 0 aliphatic heterocycles. The second-order valence-electron chi connectivity index (χ2n) is 3.73. The first kappa shape index (κ1) is 13.4. The fourth-order valence-corrected chi connectivity index (χ4v) is 1.04. The predicted molar refractivity (Wildman–Crippen MR) is 58.2 cm³/mol. The Morgan fingerprint density at radius 1 is 1.36 bits per heavy atom. The monoisotopic (exact) mass is 201 g/mol. The van der Waals surface area contributed by atoms with Crippen LogP contribution in [-0.2, 0) is 9.53 Å². The summed E-state index contributed by atoms with van der Waals surface area (Å²) in [6.07, 6.45) is 3.89. The minimum atomic E-state index is 0.163. The third-order valence-electron chi connectivity index (χ3n) is 1.85. The van der Waals surface area contributed by atoms with Crippen LogP contribution >= 0.6 is 0 Å². The fourth-order valence-electron chi connectivity index (χ4n) is 1.04. The van der Waals surface area contributed by atoms with Crippen molar-refractivity contribution < 1.29 is 9.53 Å². The maximum atomic E-state index is 11.1. The summed E-state index contributed by atoms with van der Waals surface area (Å²) in [4.78, 5) is 11.1. The Morgan fingerprint density at radius 2 is 2.07 bits per heavy atom. The number of carbonyl (C=O) groups is 1. The van der Waals surface area contributed by atoms with Crippen LogP contribution in [0.25, 0.3) is 0 Å². The van der Waals surface area contributed by atoms with E-state index in [0.29, 0.717) is 6.42 Å². The van der Waals surface area contributed by atoms with Crippen molar-refractivity contribution >= 4 is 5.91 Å². The molecule has 0 saturated heterocycles. The van der Waals surface area contributed by atoms with E-state index < -0.39 is 0 Å². The van der Waals surface area contributed by atoms with Crippen LogP contribution in [0.5, 0.6) is 0 Å². The highest BCUT2D eigenvalue weighted by atomic mass is 16.5. The minimum absolute atomic E-state index is 0.163. The Labute approximate surface area is 87.2 Å². The third kappa shape index (κ3) is 9.52. The Bertz CT molecular complexity index is 146. The van der Waals surface area contributed by atoms with Gasteiger partial charge in [0.15, 0.2) is 0 Å².